The number of carbonyl (C=O) groups is 1. The van der Waals surface area contributed by atoms with Crippen LogP contribution in [0.5, 0.6) is 0 Å². The topological polar surface area (TPSA) is 42.4 Å². The second-order valence-electron chi connectivity index (χ2n) is 7.04. The van der Waals surface area contributed by atoms with E-state index in [1.807, 2.05) is 16.3 Å². The lowest BCUT2D eigenvalue weighted by atomic mass is 10.2. The van der Waals surface area contributed by atoms with E-state index < -0.39 is 0 Å². The molecule has 2 heterocycles. The third-order valence-electron chi connectivity index (χ3n) is 5.03. The summed E-state index contributed by atoms with van der Waals surface area (Å²) in [5.74, 6) is 0.735. The Morgan fingerprint density at radius 1 is 1.42 bits per heavy atom. The molecular formula is C19H20Cl2N2O2S. The summed E-state index contributed by atoms with van der Waals surface area (Å²) in [6.45, 7) is 3.47. The summed E-state index contributed by atoms with van der Waals surface area (Å²) in [5.41, 5.74) is 1.59. The molecule has 26 heavy (non-hydrogen) atoms. The molecule has 138 valence electrons. The van der Waals surface area contributed by atoms with Gasteiger partial charge in [-0.25, -0.2) is 4.98 Å². The van der Waals surface area contributed by atoms with Crippen LogP contribution in [-0.4, -0.2) is 30.1 Å². The molecule has 1 aromatic heterocycles. The average Bonchev–Trinajstić information content (AvgIpc) is 3.03. The van der Waals surface area contributed by atoms with Crippen LogP contribution in [0.3, 0.4) is 0 Å². The van der Waals surface area contributed by atoms with Gasteiger partial charge in [-0.05, 0) is 43.4 Å². The van der Waals surface area contributed by atoms with Crippen molar-refractivity contribution >= 4 is 45.6 Å². The van der Waals surface area contributed by atoms with Gasteiger partial charge in [0.05, 0.1) is 23.4 Å². The quantitative estimate of drug-likeness (QED) is 0.672. The van der Waals surface area contributed by atoms with Crippen LogP contribution in [0.25, 0.3) is 11.3 Å². The molecule has 2 fully saturated rings. The first kappa shape index (κ1) is 18.2. The minimum atomic E-state index is 0.0967. The minimum Gasteiger partial charge on any atom is -0.376 e. The highest BCUT2D eigenvalue weighted by molar-refractivity contribution is 7.14. The van der Waals surface area contributed by atoms with Crippen molar-refractivity contribution < 1.29 is 9.53 Å². The zero-order valence-electron chi connectivity index (χ0n) is 14.5. The fraction of sp³-hybridized carbons (Fsp3) is 0.474. The van der Waals surface area contributed by atoms with Gasteiger partial charge in [-0.15, -0.1) is 11.3 Å². The maximum atomic E-state index is 13.0. The summed E-state index contributed by atoms with van der Waals surface area (Å²) in [4.78, 5) is 19.5. The number of halogens is 2. The minimum absolute atomic E-state index is 0.0967. The lowest BCUT2D eigenvalue weighted by molar-refractivity contribution is -0.120. The predicted molar refractivity (Wildman–Crippen MR) is 106 cm³/mol. The van der Waals surface area contributed by atoms with Crippen LogP contribution >= 0.6 is 34.5 Å². The van der Waals surface area contributed by atoms with E-state index >= 15 is 0 Å². The number of ether oxygens (including phenoxy) is 1. The molecule has 3 atom stereocenters. The van der Waals surface area contributed by atoms with Gasteiger partial charge >= 0.3 is 0 Å². The van der Waals surface area contributed by atoms with Gasteiger partial charge in [0, 0.05) is 28.5 Å². The zero-order valence-corrected chi connectivity index (χ0v) is 16.8. The largest absolute Gasteiger partial charge is 0.376 e. The highest BCUT2D eigenvalue weighted by atomic mass is 35.5. The first-order valence-electron chi connectivity index (χ1n) is 8.87. The average molecular weight is 411 g/mol. The molecular weight excluding hydrogens is 391 g/mol. The normalized spacial score (nSPS) is 24.7. The van der Waals surface area contributed by atoms with Gasteiger partial charge in [-0.2, -0.15) is 0 Å². The Bertz CT molecular complexity index is 820. The summed E-state index contributed by atoms with van der Waals surface area (Å²) < 4.78 is 5.75. The molecule has 0 radical (unpaired) electrons. The highest BCUT2D eigenvalue weighted by Crippen LogP contribution is 2.41. The van der Waals surface area contributed by atoms with Crippen LogP contribution < -0.4 is 4.90 Å². The Kier molecular flexibility index (Phi) is 5.24. The molecule has 1 aliphatic carbocycles. The Balaban J connectivity index is 1.61. The molecule has 2 aromatic rings. The van der Waals surface area contributed by atoms with Crippen molar-refractivity contribution in [1.29, 1.82) is 0 Å². The first-order valence-corrected chi connectivity index (χ1v) is 10.5. The fourth-order valence-electron chi connectivity index (χ4n) is 3.33. The number of hydrogen-bond acceptors (Lipinski definition) is 4. The van der Waals surface area contributed by atoms with Crippen molar-refractivity contribution in [2.75, 3.05) is 18.1 Å². The summed E-state index contributed by atoms with van der Waals surface area (Å²) in [6.07, 6.45) is 3.10. The summed E-state index contributed by atoms with van der Waals surface area (Å²) in [6, 6.07) is 5.36. The number of amides is 1. The molecule has 7 heteroatoms. The Labute approximate surface area is 167 Å². The second kappa shape index (κ2) is 7.47. The maximum Gasteiger partial charge on any atom is 0.232 e. The summed E-state index contributed by atoms with van der Waals surface area (Å²) in [5, 5.41) is 3.80. The smallest absolute Gasteiger partial charge is 0.232 e. The molecule has 1 aromatic carbocycles. The van der Waals surface area contributed by atoms with Crippen molar-refractivity contribution in [2.45, 2.75) is 32.3 Å². The van der Waals surface area contributed by atoms with Gasteiger partial charge in [0.1, 0.15) is 0 Å². The molecule has 1 saturated carbocycles. The number of benzene rings is 1. The van der Waals surface area contributed by atoms with E-state index in [1.165, 1.54) is 11.3 Å². The molecule has 0 N–H and O–H groups in total. The van der Waals surface area contributed by atoms with Crippen molar-refractivity contribution in [2.24, 2.45) is 11.8 Å². The van der Waals surface area contributed by atoms with Crippen molar-refractivity contribution in [3.8, 4) is 11.3 Å². The molecule has 1 aliphatic heterocycles. The monoisotopic (exact) mass is 410 g/mol. The third kappa shape index (κ3) is 3.77. The van der Waals surface area contributed by atoms with Gasteiger partial charge in [-0.1, -0.05) is 30.1 Å². The molecule has 4 rings (SSSR count). The Morgan fingerprint density at radius 3 is 2.88 bits per heavy atom. The van der Waals surface area contributed by atoms with Gasteiger partial charge in [0.25, 0.3) is 0 Å². The SMILES string of the molecule is CC1CC1C(=O)N(CC1CCCO1)c1nc(-c2ccc(Cl)cc2Cl)cs1. The van der Waals surface area contributed by atoms with Gasteiger partial charge in [0.15, 0.2) is 5.13 Å². The van der Waals surface area contributed by atoms with Gasteiger partial charge in [-0.3, -0.25) is 9.69 Å². The number of rotatable bonds is 5. The molecule has 1 amide bonds. The van der Waals surface area contributed by atoms with Gasteiger partial charge < -0.3 is 4.74 Å². The van der Waals surface area contributed by atoms with Crippen LogP contribution in [0.1, 0.15) is 26.2 Å². The number of nitrogens with zero attached hydrogens (tertiary/aromatic N) is 2. The van der Waals surface area contributed by atoms with E-state index in [-0.39, 0.29) is 17.9 Å². The highest BCUT2D eigenvalue weighted by Gasteiger charge is 2.43. The lowest BCUT2D eigenvalue weighted by Crippen LogP contribution is -2.38. The maximum absolute atomic E-state index is 13.0. The molecule has 2 aliphatic rings. The van der Waals surface area contributed by atoms with Gasteiger partial charge in [0.2, 0.25) is 5.91 Å². The van der Waals surface area contributed by atoms with E-state index in [0.29, 0.717) is 27.6 Å². The standard InChI is InChI=1S/C19H20Cl2N2O2S/c1-11-7-15(11)18(24)23(9-13-3-2-6-25-13)19-22-17(10-26-19)14-5-4-12(20)8-16(14)21/h4-5,8,10-11,13,15H,2-3,6-7,9H2,1H3. The van der Waals surface area contributed by atoms with Crippen molar-refractivity contribution in [3.63, 3.8) is 0 Å². The van der Waals surface area contributed by atoms with E-state index in [2.05, 4.69) is 6.92 Å². The summed E-state index contributed by atoms with van der Waals surface area (Å²) >= 11 is 13.8. The number of anilines is 1. The second-order valence-corrected chi connectivity index (χ2v) is 8.72. The molecule has 0 spiro atoms. The van der Waals surface area contributed by atoms with E-state index in [4.69, 9.17) is 32.9 Å². The van der Waals surface area contributed by atoms with Crippen LogP contribution in [-0.2, 0) is 9.53 Å². The molecule has 0 bridgehead atoms. The number of carbonyl (C=O) groups excluding carboxylic acids is 1. The summed E-state index contributed by atoms with van der Waals surface area (Å²) in [7, 11) is 0. The van der Waals surface area contributed by atoms with Crippen LogP contribution in [0.4, 0.5) is 5.13 Å². The van der Waals surface area contributed by atoms with E-state index in [0.717, 1.165) is 37.1 Å². The van der Waals surface area contributed by atoms with Crippen LogP contribution in [0, 0.1) is 11.8 Å². The molecule has 3 unspecified atom stereocenters. The van der Waals surface area contributed by atoms with Crippen LogP contribution in [0.15, 0.2) is 23.6 Å². The number of thiazole rings is 1. The Morgan fingerprint density at radius 2 is 2.23 bits per heavy atom. The zero-order chi connectivity index (χ0) is 18.3. The predicted octanol–water partition coefficient (Wildman–Crippen LogP) is 5.28. The van der Waals surface area contributed by atoms with Crippen LogP contribution in [0.2, 0.25) is 10.0 Å². The fourth-order valence-corrected chi connectivity index (χ4v) is 4.67. The number of hydrogen-bond donors (Lipinski definition) is 0. The Hall–Kier alpha value is -1.14. The number of aromatic nitrogens is 1. The van der Waals surface area contributed by atoms with E-state index in [9.17, 15) is 4.79 Å². The van der Waals surface area contributed by atoms with Crippen molar-refractivity contribution in [3.05, 3.63) is 33.6 Å². The van der Waals surface area contributed by atoms with Crippen molar-refractivity contribution in [1.82, 2.24) is 4.98 Å². The first-order chi connectivity index (χ1) is 12.5. The molecule has 1 saturated heterocycles. The van der Waals surface area contributed by atoms with E-state index in [1.54, 1.807) is 12.1 Å². The molecule has 4 nitrogen and oxygen atoms in total. The lowest BCUT2D eigenvalue weighted by Gasteiger charge is -2.23. The third-order valence-corrected chi connectivity index (χ3v) is 6.44.